The van der Waals surface area contributed by atoms with Gasteiger partial charge in [0.1, 0.15) is 5.71 Å². The number of nitrogens with one attached hydrogen (secondary N) is 1. The largest absolute Gasteiger partial charge is 0.348 e. The first-order valence-corrected chi connectivity index (χ1v) is 8.41. The zero-order valence-electron chi connectivity index (χ0n) is 13.5. The summed E-state index contributed by atoms with van der Waals surface area (Å²) in [5, 5.41) is 8.75. The van der Waals surface area contributed by atoms with E-state index in [4.69, 9.17) is 0 Å². The highest BCUT2D eigenvalue weighted by Crippen LogP contribution is 2.21. The molecule has 122 valence electrons. The quantitative estimate of drug-likeness (QED) is 0.932. The second-order valence-corrected chi connectivity index (χ2v) is 6.40. The van der Waals surface area contributed by atoms with E-state index in [0.717, 1.165) is 18.4 Å². The van der Waals surface area contributed by atoms with E-state index in [0.29, 0.717) is 24.2 Å². The molecule has 0 aromatic heterocycles. The maximum absolute atomic E-state index is 12.4. The van der Waals surface area contributed by atoms with Crippen LogP contribution in [-0.4, -0.2) is 23.6 Å². The van der Waals surface area contributed by atoms with Crippen LogP contribution < -0.4 is 10.3 Å². The molecule has 5 nitrogen and oxygen atoms in total. The molecule has 0 saturated heterocycles. The number of benzene rings is 1. The molecule has 1 saturated carbocycles. The first-order chi connectivity index (χ1) is 11.1. The van der Waals surface area contributed by atoms with Gasteiger partial charge in [0.05, 0.1) is 5.69 Å². The van der Waals surface area contributed by atoms with Crippen molar-refractivity contribution < 1.29 is 9.59 Å². The highest BCUT2D eigenvalue weighted by molar-refractivity contribution is 6.40. The number of hydrazone groups is 1. The molecule has 1 fully saturated rings. The number of carbonyl (C=O) groups is 2. The molecule has 0 bridgehead atoms. The summed E-state index contributed by atoms with van der Waals surface area (Å²) in [6.07, 6.45) is 6.42. The van der Waals surface area contributed by atoms with Crippen molar-refractivity contribution in [2.75, 3.05) is 5.01 Å². The van der Waals surface area contributed by atoms with Crippen molar-refractivity contribution in [3.05, 3.63) is 29.8 Å². The number of hydrogen-bond acceptors (Lipinski definition) is 3. The van der Waals surface area contributed by atoms with Crippen molar-refractivity contribution in [3.63, 3.8) is 0 Å². The Bertz CT molecular complexity index is 616. The number of hydrogen-bond donors (Lipinski definition) is 1. The molecule has 23 heavy (non-hydrogen) atoms. The summed E-state index contributed by atoms with van der Waals surface area (Å²) in [5.41, 5.74) is 2.29. The van der Waals surface area contributed by atoms with Crippen molar-refractivity contribution >= 4 is 23.2 Å². The number of amides is 2. The number of aryl methyl sites for hydroxylation is 1. The molecular formula is C18H23N3O2. The zero-order valence-corrected chi connectivity index (χ0v) is 13.5. The van der Waals surface area contributed by atoms with Gasteiger partial charge in [-0.1, -0.05) is 37.0 Å². The summed E-state index contributed by atoms with van der Waals surface area (Å²) < 4.78 is 0. The van der Waals surface area contributed by atoms with Gasteiger partial charge >= 0.3 is 0 Å². The molecule has 0 spiro atoms. The van der Waals surface area contributed by atoms with Gasteiger partial charge in [0.25, 0.3) is 5.91 Å². The number of anilines is 1. The fourth-order valence-electron chi connectivity index (χ4n) is 3.12. The SMILES string of the molecule is Cc1ccc(N2N=C(C(=O)NC3CCCCC3)CCC2=O)cc1. The molecule has 0 radical (unpaired) electrons. The van der Waals surface area contributed by atoms with E-state index in [2.05, 4.69) is 10.4 Å². The van der Waals surface area contributed by atoms with Gasteiger partial charge in [0, 0.05) is 18.9 Å². The first kappa shape index (κ1) is 15.7. The van der Waals surface area contributed by atoms with Crippen LogP contribution in [0.5, 0.6) is 0 Å². The van der Waals surface area contributed by atoms with E-state index in [-0.39, 0.29) is 17.9 Å². The predicted octanol–water partition coefficient (Wildman–Crippen LogP) is 2.93. The molecule has 1 aliphatic carbocycles. The Hall–Kier alpha value is -2.17. The van der Waals surface area contributed by atoms with E-state index in [1.807, 2.05) is 31.2 Å². The number of rotatable bonds is 3. The lowest BCUT2D eigenvalue weighted by molar-refractivity contribution is -0.119. The highest BCUT2D eigenvalue weighted by Gasteiger charge is 2.27. The van der Waals surface area contributed by atoms with Gasteiger partial charge in [-0.2, -0.15) is 5.10 Å². The van der Waals surface area contributed by atoms with Gasteiger partial charge in [-0.3, -0.25) is 9.59 Å². The van der Waals surface area contributed by atoms with Gasteiger partial charge in [-0.25, -0.2) is 5.01 Å². The molecule has 5 heteroatoms. The minimum absolute atomic E-state index is 0.0666. The van der Waals surface area contributed by atoms with Crippen LogP contribution in [0.25, 0.3) is 0 Å². The molecule has 1 N–H and O–H groups in total. The molecule has 3 rings (SSSR count). The monoisotopic (exact) mass is 313 g/mol. The summed E-state index contributed by atoms with van der Waals surface area (Å²) >= 11 is 0. The highest BCUT2D eigenvalue weighted by atomic mass is 16.2. The second-order valence-electron chi connectivity index (χ2n) is 6.40. The molecule has 2 aliphatic rings. The van der Waals surface area contributed by atoms with Gasteiger partial charge < -0.3 is 5.32 Å². The van der Waals surface area contributed by atoms with E-state index in [1.54, 1.807) is 0 Å². The third-order valence-electron chi connectivity index (χ3n) is 4.51. The van der Waals surface area contributed by atoms with Crippen LogP contribution in [-0.2, 0) is 9.59 Å². The lowest BCUT2D eigenvalue weighted by Gasteiger charge is -2.26. The Morgan fingerprint density at radius 3 is 2.52 bits per heavy atom. The minimum atomic E-state index is -0.124. The van der Waals surface area contributed by atoms with Crippen molar-refractivity contribution in [1.82, 2.24) is 5.32 Å². The van der Waals surface area contributed by atoms with Crippen molar-refractivity contribution in [3.8, 4) is 0 Å². The molecule has 1 aromatic rings. The van der Waals surface area contributed by atoms with Crippen molar-refractivity contribution in [1.29, 1.82) is 0 Å². The average Bonchev–Trinajstić information content (AvgIpc) is 2.57. The standard InChI is InChI=1S/C18H23N3O2/c1-13-7-9-15(10-8-13)21-17(22)12-11-16(20-21)18(23)19-14-5-3-2-4-6-14/h7-10,14H,2-6,11-12H2,1H3,(H,19,23). The van der Waals surface area contributed by atoms with Gasteiger partial charge in [0.2, 0.25) is 5.91 Å². The Morgan fingerprint density at radius 2 is 1.83 bits per heavy atom. The Kier molecular flexibility index (Phi) is 4.74. The lowest BCUT2D eigenvalue weighted by atomic mass is 9.95. The maximum atomic E-state index is 12.4. The van der Waals surface area contributed by atoms with Crippen LogP contribution in [0.2, 0.25) is 0 Å². The Morgan fingerprint density at radius 1 is 1.13 bits per heavy atom. The summed E-state index contributed by atoms with van der Waals surface area (Å²) in [7, 11) is 0. The maximum Gasteiger partial charge on any atom is 0.267 e. The van der Waals surface area contributed by atoms with Gasteiger partial charge in [-0.05, 0) is 31.9 Å². The van der Waals surface area contributed by atoms with Crippen LogP contribution in [0.15, 0.2) is 29.4 Å². The molecule has 1 aliphatic heterocycles. The third-order valence-corrected chi connectivity index (χ3v) is 4.51. The first-order valence-electron chi connectivity index (χ1n) is 8.41. The Balaban J connectivity index is 1.73. The molecule has 1 aromatic carbocycles. The average molecular weight is 313 g/mol. The lowest BCUT2D eigenvalue weighted by Crippen LogP contribution is -2.43. The molecular weight excluding hydrogens is 290 g/mol. The molecule has 2 amide bonds. The minimum Gasteiger partial charge on any atom is -0.348 e. The molecule has 0 unspecified atom stereocenters. The van der Waals surface area contributed by atoms with Crippen LogP contribution in [0.4, 0.5) is 5.69 Å². The van der Waals surface area contributed by atoms with Crippen LogP contribution in [0.1, 0.15) is 50.5 Å². The summed E-state index contributed by atoms with van der Waals surface area (Å²) in [6, 6.07) is 7.85. The topological polar surface area (TPSA) is 61.8 Å². The normalized spacial score (nSPS) is 19.4. The van der Waals surface area contributed by atoms with E-state index in [1.165, 1.54) is 24.3 Å². The summed E-state index contributed by atoms with van der Waals surface area (Å²) in [5.74, 6) is -0.190. The fourth-order valence-corrected chi connectivity index (χ4v) is 3.12. The van der Waals surface area contributed by atoms with Gasteiger partial charge in [0.15, 0.2) is 0 Å². The smallest absolute Gasteiger partial charge is 0.267 e. The molecule has 0 atom stereocenters. The van der Waals surface area contributed by atoms with Crippen LogP contribution in [0.3, 0.4) is 0 Å². The van der Waals surface area contributed by atoms with E-state index in [9.17, 15) is 9.59 Å². The van der Waals surface area contributed by atoms with Gasteiger partial charge in [-0.15, -0.1) is 0 Å². The van der Waals surface area contributed by atoms with Crippen LogP contribution >= 0.6 is 0 Å². The van der Waals surface area contributed by atoms with Crippen molar-refractivity contribution in [2.24, 2.45) is 5.10 Å². The fraction of sp³-hybridized carbons (Fsp3) is 0.500. The number of carbonyl (C=O) groups excluding carboxylic acids is 2. The third kappa shape index (κ3) is 3.78. The summed E-state index contributed by atoms with van der Waals surface area (Å²) in [6.45, 7) is 1.99. The molecule has 1 heterocycles. The zero-order chi connectivity index (χ0) is 16.2. The van der Waals surface area contributed by atoms with Crippen LogP contribution in [0, 0.1) is 6.92 Å². The predicted molar refractivity (Wildman–Crippen MR) is 90.3 cm³/mol. The number of nitrogens with zero attached hydrogens (tertiary/aromatic N) is 2. The van der Waals surface area contributed by atoms with E-state index < -0.39 is 0 Å². The summed E-state index contributed by atoms with van der Waals surface area (Å²) in [4.78, 5) is 24.5. The van der Waals surface area contributed by atoms with E-state index >= 15 is 0 Å². The van der Waals surface area contributed by atoms with Crippen molar-refractivity contribution in [2.45, 2.75) is 57.9 Å². The second kappa shape index (κ2) is 6.94. The Labute approximate surface area is 136 Å².